The average Bonchev–Trinajstić information content (AvgIpc) is 3.53. The lowest BCUT2D eigenvalue weighted by Crippen LogP contribution is -2.45. The van der Waals surface area contributed by atoms with Crippen molar-refractivity contribution in [2.75, 3.05) is 6.54 Å². The van der Waals surface area contributed by atoms with E-state index in [1.807, 2.05) is 36.4 Å². The molecule has 0 bridgehead atoms. The Morgan fingerprint density at radius 1 is 1.12 bits per heavy atom. The number of furan rings is 1. The average molecular weight is 442 g/mol. The molecule has 2 aromatic carbocycles. The van der Waals surface area contributed by atoms with Crippen LogP contribution in [0.15, 0.2) is 82.6 Å². The molecule has 1 fully saturated rings. The lowest BCUT2D eigenvalue weighted by Gasteiger charge is -2.23. The van der Waals surface area contributed by atoms with Gasteiger partial charge in [-0.2, -0.15) is 5.26 Å². The first-order valence-corrected chi connectivity index (χ1v) is 10.5. The number of oxime groups is 1. The molecule has 0 saturated carbocycles. The summed E-state index contributed by atoms with van der Waals surface area (Å²) in [7, 11) is 0. The zero-order valence-electron chi connectivity index (χ0n) is 17.8. The smallest absolute Gasteiger partial charge is 0.254 e. The Morgan fingerprint density at radius 3 is 2.61 bits per heavy atom. The molecular weight excluding hydrogens is 420 g/mol. The molecule has 1 saturated heterocycles. The number of amides is 2. The van der Waals surface area contributed by atoms with Gasteiger partial charge in [-0.05, 0) is 42.0 Å². The van der Waals surface area contributed by atoms with Gasteiger partial charge in [-0.3, -0.25) is 9.59 Å². The van der Waals surface area contributed by atoms with Gasteiger partial charge in [0.2, 0.25) is 5.91 Å². The van der Waals surface area contributed by atoms with Crippen LogP contribution in [0.4, 0.5) is 0 Å². The van der Waals surface area contributed by atoms with Crippen LogP contribution in [0.1, 0.15) is 33.7 Å². The first kappa shape index (κ1) is 21.8. The Hall–Kier alpha value is -4.38. The summed E-state index contributed by atoms with van der Waals surface area (Å²) in [6, 6.07) is 20.7. The van der Waals surface area contributed by atoms with Crippen molar-refractivity contribution >= 4 is 17.5 Å². The third kappa shape index (κ3) is 5.46. The maximum Gasteiger partial charge on any atom is 0.254 e. The highest BCUT2D eigenvalue weighted by molar-refractivity contribution is 6.05. The molecule has 3 aromatic rings. The van der Waals surface area contributed by atoms with Crippen LogP contribution in [-0.2, 0) is 22.8 Å². The quantitative estimate of drug-likeness (QED) is 0.565. The van der Waals surface area contributed by atoms with Crippen molar-refractivity contribution in [3.8, 4) is 6.07 Å². The topological polar surface area (TPSA) is 108 Å². The molecule has 2 amide bonds. The lowest BCUT2D eigenvalue weighted by atomic mass is 10.1. The van der Waals surface area contributed by atoms with Crippen LogP contribution in [0.3, 0.4) is 0 Å². The number of carbonyl (C=O) groups excluding carboxylic acids is 2. The van der Waals surface area contributed by atoms with Gasteiger partial charge in [0.15, 0.2) is 0 Å². The summed E-state index contributed by atoms with van der Waals surface area (Å²) < 4.78 is 5.26. The third-order valence-electron chi connectivity index (χ3n) is 5.27. The number of likely N-dealkylation sites (tertiary alicyclic amines) is 1. The Bertz CT molecular complexity index is 1170. The highest BCUT2D eigenvalue weighted by atomic mass is 16.6. The molecule has 4 rings (SSSR count). The number of hydrogen-bond acceptors (Lipinski definition) is 6. The summed E-state index contributed by atoms with van der Waals surface area (Å²) in [4.78, 5) is 33.1. The van der Waals surface area contributed by atoms with Crippen molar-refractivity contribution in [1.29, 1.82) is 5.26 Å². The zero-order valence-corrected chi connectivity index (χ0v) is 17.8. The van der Waals surface area contributed by atoms with Gasteiger partial charge in [0, 0.05) is 12.0 Å². The minimum atomic E-state index is -0.734. The van der Waals surface area contributed by atoms with Gasteiger partial charge in [0.25, 0.3) is 5.91 Å². The Labute approximate surface area is 191 Å². The molecule has 0 radical (unpaired) electrons. The molecular formula is C25H22N4O4. The van der Waals surface area contributed by atoms with E-state index in [-0.39, 0.29) is 31.3 Å². The number of nitriles is 1. The van der Waals surface area contributed by atoms with E-state index in [0.29, 0.717) is 29.2 Å². The van der Waals surface area contributed by atoms with Crippen molar-refractivity contribution in [3.63, 3.8) is 0 Å². The molecule has 1 atom stereocenters. The molecule has 8 nitrogen and oxygen atoms in total. The highest BCUT2D eigenvalue weighted by Gasteiger charge is 2.38. The second kappa shape index (κ2) is 10.3. The molecule has 8 heteroatoms. The summed E-state index contributed by atoms with van der Waals surface area (Å²) in [5.74, 6) is -0.000970. The molecule has 1 aliphatic rings. The number of benzene rings is 2. The van der Waals surface area contributed by atoms with Crippen LogP contribution in [-0.4, -0.2) is 35.0 Å². The van der Waals surface area contributed by atoms with Gasteiger partial charge >= 0.3 is 0 Å². The maximum atomic E-state index is 13.2. The van der Waals surface area contributed by atoms with Crippen molar-refractivity contribution in [2.24, 2.45) is 5.16 Å². The number of hydrogen-bond donors (Lipinski definition) is 1. The molecule has 0 spiro atoms. The Balaban J connectivity index is 1.48. The van der Waals surface area contributed by atoms with Crippen LogP contribution in [0, 0.1) is 11.3 Å². The van der Waals surface area contributed by atoms with Crippen LogP contribution in [0.25, 0.3) is 0 Å². The second-order valence-electron chi connectivity index (χ2n) is 7.56. The summed E-state index contributed by atoms with van der Waals surface area (Å²) in [6.07, 6.45) is 1.80. The van der Waals surface area contributed by atoms with E-state index in [9.17, 15) is 9.59 Å². The van der Waals surface area contributed by atoms with Gasteiger partial charge in [0.05, 0.1) is 36.7 Å². The number of nitrogens with zero attached hydrogens (tertiary/aromatic N) is 3. The molecule has 1 aromatic heterocycles. The molecule has 0 unspecified atom stereocenters. The largest absolute Gasteiger partial charge is 0.467 e. The standard InChI is InChI=1S/C25H22N4O4/c26-14-18-8-10-20(11-9-18)25(31)29-16-21(28-33-17-19-5-2-1-3-6-19)13-23(29)24(30)27-15-22-7-4-12-32-22/h1-12,23H,13,15-17H2,(H,27,30)/b28-21+/t23-/m0/s1. The lowest BCUT2D eigenvalue weighted by molar-refractivity contribution is -0.125. The first-order chi connectivity index (χ1) is 16.1. The van der Waals surface area contributed by atoms with E-state index >= 15 is 0 Å². The van der Waals surface area contributed by atoms with E-state index in [0.717, 1.165) is 5.56 Å². The summed E-state index contributed by atoms with van der Waals surface area (Å²) in [5, 5.41) is 16.0. The van der Waals surface area contributed by atoms with Gasteiger partial charge < -0.3 is 19.5 Å². The van der Waals surface area contributed by atoms with Crippen LogP contribution >= 0.6 is 0 Å². The van der Waals surface area contributed by atoms with Crippen LogP contribution in [0.2, 0.25) is 0 Å². The Kier molecular flexibility index (Phi) is 6.81. The fraction of sp³-hybridized carbons (Fsp3) is 0.200. The fourth-order valence-corrected chi connectivity index (χ4v) is 3.55. The maximum absolute atomic E-state index is 13.2. The number of carbonyl (C=O) groups is 2. The van der Waals surface area contributed by atoms with E-state index in [2.05, 4.69) is 10.5 Å². The zero-order chi connectivity index (χ0) is 23.0. The SMILES string of the molecule is N#Cc1ccc(C(=O)N2C/C(=N/OCc3ccccc3)C[C@H]2C(=O)NCc2ccco2)cc1. The second-order valence-corrected chi connectivity index (χ2v) is 7.56. The minimum Gasteiger partial charge on any atom is -0.467 e. The molecule has 1 N–H and O–H groups in total. The van der Waals surface area contributed by atoms with Crippen molar-refractivity contribution in [2.45, 2.75) is 25.6 Å². The molecule has 1 aliphatic heterocycles. The molecule has 33 heavy (non-hydrogen) atoms. The number of nitrogens with one attached hydrogen (secondary N) is 1. The summed E-state index contributed by atoms with van der Waals surface area (Å²) >= 11 is 0. The van der Waals surface area contributed by atoms with Gasteiger partial charge in [-0.25, -0.2) is 0 Å². The van der Waals surface area contributed by atoms with Gasteiger partial charge in [-0.15, -0.1) is 0 Å². The van der Waals surface area contributed by atoms with E-state index in [1.54, 1.807) is 36.4 Å². The van der Waals surface area contributed by atoms with E-state index < -0.39 is 6.04 Å². The van der Waals surface area contributed by atoms with Crippen molar-refractivity contribution < 1.29 is 18.8 Å². The number of rotatable bonds is 7. The molecule has 2 heterocycles. The predicted octanol–water partition coefficient (Wildman–Crippen LogP) is 3.25. The van der Waals surface area contributed by atoms with Crippen molar-refractivity contribution in [1.82, 2.24) is 10.2 Å². The van der Waals surface area contributed by atoms with Crippen LogP contribution < -0.4 is 5.32 Å². The van der Waals surface area contributed by atoms with Crippen molar-refractivity contribution in [3.05, 3.63) is 95.4 Å². The van der Waals surface area contributed by atoms with E-state index in [1.165, 1.54) is 11.2 Å². The van der Waals surface area contributed by atoms with Gasteiger partial charge in [0.1, 0.15) is 18.4 Å². The summed E-state index contributed by atoms with van der Waals surface area (Å²) in [5.41, 5.74) is 2.42. The Morgan fingerprint density at radius 2 is 1.91 bits per heavy atom. The summed E-state index contributed by atoms with van der Waals surface area (Å²) in [6.45, 7) is 0.688. The fourth-order valence-electron chi connectivity index (χ4n) is 3.55. The minimum absolute atomic E-state index is 0.173. The van der Waals surface area contributed by atoms with Crippen LogP contribution in [0.5, 0.6) is 0 Å². The monoisotopic (exact) mass is 442 g/mol. The highest BCUT2D eigenvalue weighted by Crippen LogP contribution is 2.20. The van der Waals surface area contributed by atoms with Gasteiger partial charge in [-0.1, -0.05) is 35.5 Å². The van der Waals surface area contributed by atoms with E-state index in [4.69, 9.17) is 14.5 Å². The third-order valence-corrected chi connectivity index (χ3v) is 5.27. The molecule has 0 aliphatic carbocycles. The predicted molar refractivity (Wildman–Crippen MR) is 120 cm³/mol. The molecule has 166 valence electrons. The normalized spacial score (nSPS) is 16.4. The first-order valence-electron chi connectivity index (χ1n) is 10.5.